The van der Waals surface area contributed by atoms with Crippen LogP contribution in [0.25, 0.3) is 11.8 Å². The first-order valence-corrected chi connectivity index (χ1v) is 14.5. The van der Waals surface area contributed by atoms with E-state index in [0.717, 1.165) is 81.6 Å². The van der Waals surface area contributed by atoms with Gasteiger partial charge in [0.15, 0.2) is 5.13 Å². The molecular formula is C28H39N5O4S. The van der Waals surface area contributed by atoms with Gasteiger partial charge in [0.25, 0.3) is 0 Å². The van der Waals surface area contributed by atoms with Gasteiger partial charge in [-0.3, -0.25) is 9.78 Å². The van der Waals surface area contributed by atoms with Crippen LogP contribution < -0.4 is 15.5 Å². The average Bonchev–Trinajstić information content (AvgIpc) is 3.33. The number of ether oxygens (including phenoxy) is 3. The SMILES string of the molecule is COC(=O)CC(CN1CCCN(C2=c3ncccc3=CC(C)C2OC)CC1)c1csc(N2CCOCC2)n1. The van der Waals surface area contributed by atoms with Crippen LogP contribution in [-0.2, 0) is 19.0 Å². The summed E-state index contributed by atoms with van der Waals surface area (Å²) < 4.78 is 16.5. The van der Waals surface area contributed by atoms with Gasteiger partial charge < -0.3 is 28.9 Å². The first-order valence-electron chi connectivity index (χ1n) is 13.6. The molecule has 2 aromatic heterocycles. The predicted octanol–water partition coefficient (Wildman–Crippen LogP) is 1.28. The molecule has 38 heavy (non-hydrogen) atoms. The van der Waals surface area contributed by atoms with Crippen LogP contribution in [-0.4, -0.2) is 105 Å². The Morgan fingerprint density at radius 3 is 2.79 bits per heavy atom. The number of esters is 1. The number of hydrogen-bond acceptors (Lipinski definition) is 10. The highest BCUT2D eigenvalue weighted by Gasteiger charge is 2.31. The number of fused-ring (bicyclic) bond motifs is 1. The van der Waals surface area contributed by atoms with E-state index in [1.54, 1.807) is 18.4 Å². The molecular weight excluding hydrogens is 502 g/mol. The second-order valence-corrected chi connectivity index (χ2v) is 11.1. The number of pyridine rings is 1. The van der Waals surface area contributed by atoms with Gasteiger partial charge >= 0.3 is 5.97 Å². The minimum Gasteiger partial charge on any atom is -0.469 e. The predicted molar refractivity (Wildman–Crippen MR) is 148 cm³/mol. The molecule has 9 nitrogen and oxygen atoms in total. The van der Waals surface area contributed by atoms with Gasteiger partial charge in [0.05, 0.1) is 43.5 Å². The molecule has 0 aromatic carbocycles. The van der Waals surface area contributed by atoms with Gasteiger partial charge in [-0.05, 0) is 24.3 Å². The lowest BCUT2D eigenvalue weighted by Gasteiger charge is -2.34. The molecule has 0 amide bonds. The first-order chi connectivity index (χ1) is 18.6. The monoisotopic (exact) mass is 541 g/mol. The highest BCUT2D eigenvalue weighted by molar-refractivity contribution is 7.13. The minimum absolute atomic E-state index is 0.00823. The minimum atomic E-state index is -0.194. The number of thiazole rings is 1. The highest BCUT2D eigenvalue weighted by Crippen LogP contribution is 2.30. The number of aromatic nitrogens is 2. The Hall–Kier alpha value is -2.53. The van der Waals surface area contributed by atoms with Crippen LogP contribution >= 0.6 is 11.3 Å². The van der Waals surface area contributed by atoms with E-state index in [-0.39, 0.29) is 23.9 Å². The first kappa shape index (κ1) is 27.1. The standard InChI is InChI=1S/C28H39N5O4S/c1-20-16-21-6-4-7-29-25(21)26(27(20)36-3)32-9-5-8-31(10-11-32)18-22(17-24(34)35-2)23-19-38-28(30-23)33-12-14-37-15-13-33/h4,6-7,16,19-20,22,27H,5,8-15,17-18H2,1-3H3. The number of carbonyl (C=O) groups excluding carboxylic acids is 1. The third-order valence-electron chi connectivity index (χ3n) is 7.78. The van der Waals surface area contributed by atoms with E-state index in [0.29, 0.717) is 6.42 Å². The van der Waals surface area contributed by atoms with E-state index in [1.165, 1.54) is 18.0 Å². The molecule has 2 fully saturated rings. The molecule has 206 valence electrons. The Morgan fingerprint density at radius 1 is 1.16 bits per heavy atom. The molecule has 0 radical (unpaired) electrons. The van der Waals surface area contributed by atoms with Crippen LogP contribution in [0.15, 0.2) is 23.7 Å². The molecule has 2 aromatic rings. The fraction of sp³-hybridized carbons (Fsp3) is 0.607. The molecule has 0 saturated carbocycles. The van der Waals surface area contributed by atoms with E-state index < -0.39 is 0 Å². The molecule has 5 rings (SSSR count). The zero-order chi connectivity index (χ0) is 26.5. The van der Waals surface area contributed by atoms with Crippen molar-refractivity contribution in [1.82, 2.24) is 19.8 Å². The zero-order valence-corrected chi connectivity index (χ0v) is 23.5. The summed E-state index contributed by atoms with van der Waals surface area (Å²) in [4.78, 5) is 29.3. The second kappa shape index (κ2) is 12.5. The van der Waals surface area contributed by atoms with Crippen molar-refractivity contribution in [1.29, 1.82) is 0 Å². The van der Waals surface area contributed by atoms with Gasteiger partial charge in [-0.25, -0.2) is 4.98 Å². The lowest BCUT2D eigenvalue weighted by molar-refractivity contribution is -0.141. The third-order valence-corrected chi connectivity index (χ3v) is 8.70. The van der Waals surface area contributed by atoms with Crippen molar-refractivity contribution >= 4 is 34.2 Å². The van der Waals surface area contributed by atoms with Crippen molar-refractivity contribution in [2.24, 2.45) is 5.92 Å². The summed E-state index contributed by atoms with van der Waals surface area (Å²) in [7, 11) is 3.25. The highest BCUT2D eigenvalue weighted by atomic mass is 32.1. The van der Waals surface area contributed by atoms with E-state index in [1.807, 2.05) is 12.3 Å². The smallest absolute Gasteiger partial charge is 0.306 e. The van der Waals surface area contributed by atoms with E-state index in [4.69, 9.17) is 24.2 Å². The fourth-order valence-electron chi connectivity index (χ4n) is 5.79. The number of nitrogens with zero attached hydrogens (tertiary/aromatic N) is 5. The largest absolute Gasteiger partial charge is 0.469 e. The van der Waals surface area contributed by atoms with Crippen molar-refractivity contribution in [2.75, 3.05) is 78.1 Å². The third kappa shape index (κ3) is 6.03. The van der Waals surface area contributed by atoms with Crippen LogP contribution in [0.5, 0.6) is 0 Å². The fourth-order valence-corrected chi connectivity index (χ4v) is 6.75. The summed E-state index contributed by atoms with van der Waals surface area (Å²) in [5.74, 6) is 0.0768. The Bertz CT molecular complexity index is 1210. The molecule has 4 heterocycles. The Kier molecular flexibility index (Phi) is 8.93. The summed E-state index contributed by atoms with van der Waals surface area (Å²) in [5.41, 5.74) is 2.17. The summed E-state index contributed by atoms with van der Waals surface area (Å²) in [6, 6.07) is 4.15. The number of methoxy groups -OCH3 is 2. The van der Waals surface area contributed by atoms with E-state index in [2.05, 4.69) is 39.1 Å². The molecule has 10 heteroatoms. The van der Waals surface area contributed by atoms with Crippen LogP contribution in [0.1, 0.15) is 31.4 Å². The maximum Gasteiger partial charge on any atom is 0.306 e. The lowest BCUT2D eigenvalue weighted by Crippen LogP contribution is -2.48. The Labute approximate surface area is 228 Å². The lowest BCUT2D eigenvalue weighted by atomic mass is 9.94. The molecule has 3 unspecified atom stereocenters. The van der Waals surface area contributed by atoms with Gasteiger partial charge in [0.2, 0.25) is 0 Å². The van der Waals surface area contributed by atoms with Crippen LogP contribution in [0, 0.1) is 5.92 Å². The van der Waals surface area contributed by atoms with Gasteiger partial charge in [-0.15, -0.1) is 11.3 Å². The molecule has 3 aliphatic rings. The molecule has 0 bridgehead atoms. The summed E-state index contributed by atoms with van der Waals surface area (Å²) in [6.07, 6.45) is 5.48. The normalized spacial score (nSPS) is 23.4. The molecule has 2 saturated heterocycles. The van der Waals surface area contributed by atoms with Crippen molar-refractivity contribution in [2.45, 2.75) is 31.8 Å². The number of carbonyl (C=O) groups is 1. The van der Waals surface area contributed by atoms with Gasteiger partial charge in [0.1, 0.15) is 6.10 Å². The van der Waals surface area contributed by atoms with Crippen molar-refractivity contribution in [3.63, 3.8) is 0 Å². The topological polar surface area (TPSA) is 80.3 Å². The van der Waals surface area contributed by atoms with E-state index >= 15 is 0 Å². The number of rotatable bonds is 8. The van der Waals surface area contributed by atoms with Crippen molar-refractivity contribution in [3.8, 4) is 0 Å². The Morgan fingerprint density at radius 2 is 2.00 bits per heavy atom. The Balaban J connectivity index is 1.32. The molecule has 1 aliphatic carbocycles. The summed E-state index contributed by atoms with van der Waals surface area (Å²) >= 11 is 1.65. The second-order valence-electron chi connectivity index (χ2n) is 10.3. The van der Waals surface area contributed by atoms with Gasteiger partial charge in [-0.2, -0.15) is 0 Å². The maximum absolute atomic E-state index is 12.4. The van der Waals surface area contributed by atoms with Crippen LogP contribution in [0.3, 0.4) is 0 Å². The van der Waals surface area contributed by atoms with Crippen LogP contribution in [0.2, 0.25) is 0 Å². The molecule has 0 spiro atoms. The van der Waals surface area contributed by atoms with E-state index in [9.17, 15) is 4.79 Å². The zero-order valence-electron chi connectivity index (χ0n) is 22.7. The van der Waals surface area contributed by atoms with Gasteiger partial charge in [0, 0.05) is 69.8 Å². The average molecular weight is 542 g/mol. The maximum atomic E-state index is 12.4. The van der Waals surface area contributed by atoms with Crippen molar-refractivity contribution < 1.29 is 19.0 Å². The number of hydrogen-bond donors (Lipinski definition) is 0. The molecule has 3 atom stereocenters. The summed E-state index contributed by atoms with van der Waals surface area (Å²) in [5, 5.41) is 5.34. The molecule has 2 aliphatic heterocycles. The van der Waals surface area contributed by atoms with Crippen molar-refractivity contribution in [3.05, 3.63) is 40.0 Å². The molecule has 0 N–H and O–H groups in total. The van der Waals surface area contributed by atoms with Crippen LogP contribution in [0.4, 0.5) is 5.13 Å². The van der Waals surface area contributed by atoms with Gasteiger partial charge in [-0.1, -0.05) is 19.1 Å². The number of morpholine rings is 1. The number of anilines is 1. The summed E-state index contributed by atoms with van der Waals surface area (Å²) in [6.45, 7) is 9.86. The quantitative estimate of drug-likeness (QED) is 0.459.